The number of fused-ring (bicyclic) bond motifs is 1. The molecule has 0 N–H and O–H groups in total. The highest BCUT2D eigenvalue weighted by Crippen LogP contribution is 2.27. The topological polar surface area (TPSA) is 12.4 Å². The molecule has 0 fully saturated rings. The smallest absolute Gasteiger partial charge is 0.0755 e. The second-order valence-electron chi connectivity index (χ2n) is 9.50. The molecule has 4 rings (SSSR count). The van der Waals surface area contributed by atoms with E-state index in [1.807, 2.05) is 6.08 Å². The monoisotopic (exact) mass is 515 g/mol. The fraction of sp³-hybridized carbons (Fsp3) is 0.194. The average Bonchev–Trinajstić information content (AvgIpc) is 3.28. The predicted octanol–water partition coefficient (Wildman–Crippen LogP) is 9.25. The molecule has 0 bridgehead atoms. The summed E-state index contributed by atoms with van der Waals surface area (Å²) >= 11 is 1.73. The van der Waals surface area contributed by atoms with Gasteiger partial charge >= 0.3 is 0 Å². The van der Waals surface area contributed by atoms with Crippen LogP contribution < -0.4 is 9.75 Å². The van der Waals surface area contributed by atoms with Crippen LogP contribution in [0.25, 0.3) is 40.1 Å². The molecule has 0 aliphatic heterocycles. The lowest BCUT2D eigenvalue weighted by molar-refractivity contribution is 1.04. The quantitative estimate of drug-likeness (QED) is 0.209. The maximum atomic E-state index is 5.31. The summed E-state index contributed by atoms with van der Waals surface area (Å²) in [7, 11) is 0. The number of nitrogens with zero attached hydrogens (tertiary/aromatic N) is 1. The molecule has 1 aliphatic rings. The third kappa shape index (κ3) is 5.87. The van der Waals surface area contributed by atoms with E-state index in [1.165, 1.54) is 26.8 Å². The van der Waals surface area contributed by atoms with E-state index in [0.29, 0.717) is 0 Å². The molecule has 0 unspecified atom stereocenters. The van der Waals surface area contributed by atoms with Crippen LogP contribution in [0.4, 0.5) is 0 Å². The van der Waals surface area contributed by atoms with Crippen molar-refractivity contribution in [3.63, 3.8) is 0 Å². The zero-order chi connectivity index (χ0) is 27.1. The predicted molar refractivity (Wildman–Crippen MR) is 173 cm³/mol. The Morgan fingerprint density at radius 3 is 2.68 bits per heavy atom. The van der Waals surface area contributed by atoms with Gasteiger partial charge in [-0.25, -0.2) is 0 Å². The Balaban J connectivity index is 1.98. The van der Waals surface area contributed by atoms with Crippen molar-refractivity contribution in [3.8, 4) is 0 Å². The molecule has 0 amide bonds. The van der Waals surface area contributed by atoms with Crippen LogP contribution in [0.5, 0.6) is 0 Å². The van der Waals surface area contributed by atoms with E-state index in [9.17, 15) is 0 Å². The molecule has 0 radical (unpaired) electrons. The Morgan fingerprint density at radius 2 is 1.97 bits per heavy atom. The Hall–Kier alpha value is -3.75. The van der Waals surface area contributed by atoms with E-state index >= 15 is 0 Å². The van der Waals surface area contributed by atoms with Crippen molar-refractivity contribution in [1.29, 1.82) is 0 Å². The molecule has 2 aromatic carbocycles. The minimum absolute atomic E-state index is 0.972. The summed E-state index contributed by atoms with van der Waals surface area (Å²) in [4.78, 5) is 5.31. The van der Waals surface area contributed by atoms with Crippen LogP contribution in [-0.4, -0.2) is 5.71 Å². The minimum Gasteiger partial charge on any atom is -0.252 e. The maximum absolute atomic E-state index is 5.31. The number of thiophene rings is 1. The Bertz CT molecular complexity index is 1650. The zero-order valence-electron chi connectivity index (χ0n) is 23.1. The molecule has 1 nitrogen and oxygen atoms in total. The van der Waals surface area contributed by atoms with Crippen molar-refractivity contribution >= 4 is 57.1 Å². The molecule has 0 atom stereocenters. The van der Waals surface area contributed by atoms with Crippen LogP contribution in [-0.2, 0) is 0 Å². The van der Waals surface area contributed by atoms with E-state index in [2.05, 4.69) is 126 Å². The molecule has 1 heterocycles. The number of hydrogen-bond acceptors (Lipinski definition) is 2. The fourth-order valence-electron chi connectivity index (χ4n) is 4.77. The van der Waals surface area contributed by atoms with Crippen LogP contribution in [0.2, 0.25) is 0 Å². The summed E-state index contributed by atoms with van der Waals surface area (Å²) in [5.74, 6) is 0. The Labute approximate surface area is 231 Å². The maximum Gasteiger partial charge on any atom is 0.0755 e. The molecule has 0 saturated heterocycles. The molecule has 192 valence electrons. The Morgan fingerprint density at radius 1 is 1.13 bits per heavy atom. The van der Waals surface area contributed by atoms with Gasteiger partial charge in [0.05, 0.1) is 5.70 Å². The summed E-state index contributed by atoms with van der Waals surface area (Å²) in [6.07, 6.45) is 22.6. The van der Waals surface area contributed by atoms with Crippen molar-refractivity contribution in [1.82, 2.24) is 0 Å². The van der Waals surface area contributed by atoms with Crippen LogP contribution in [0, 0.1) is 0 Å². The van der Waals surface area contributed by atoms with Gasteiger partial charge in [-0.05, 0) is 79.5 Å². The van der Waals surface area contributed by atoms with Crippen LogP contribution in [0.3, 0.4) is 0 Å². The summed E-state index contributed by atoms with van der Waals surface area (Å²) < 4.78 is 2.25. The van der Waals surface area contributed by atoms with E-state index in [-0.39, 0.29) is 0 Å². The zero-order valence-corrected chi connectivity index (χ0v) is 23.9. The van der Waals surface area contributed by atoms with Crippen LogP contribution in [0.15, 0.2) is 96.1 Å². The lowest BCUT2D eigenvalue weighted by atomic mass is 9.97. The standard InChI is InChI=1S/C36H37NS/c1-7-10-12-17-25(4)35(34-27(6)38-36-32(16-8-2)28(9-3)22-23-33(34)36)37-26(5)30-20-15-21-31(24-30)29-18-13-11-14-19-29/h8-10,12-13,15-24H,3,6-7,11,14H2,1-2,4-5H3/b12-10-,16-8-,25-17+,35-34+,37-26?. The SMILES string of the molecule is C=Cc1ccc2\c(=C(N=C(C)c3cccc(C4=CCCC=C4)c3)/C(C)=C/C=C\CC)c(=C)sc2c1/C=C\C. The van der Waals surface area contributed by atoms with Gasteiger partial charge in [0, 0.05) is 25.5 Å². The van der Waals surface area contributed by atoms with Gasteiger partial charge in [-0.15, -0.1) is 11.3 Å². The first-order chi connectivity index (χ1) is 18.5. The van der Waals surface area contributed by atoms with Gasteiger partial charge in [0.1, 0.15) is 0 Å². The number of rotatable bonds is 8. The van der Waals surface area contributed by atoms with Gasteiger partial charge in [0.25, 0.3) is 0 Å². The van der Waals surface area contributed by atoms with Gasteiger partial charge < -0.3 is 0 Å². The fourth-order valence-corrected chi connectivity index (χ4v) is 5.91. The highest BCUT2D eigenvalue weighted by molar-refractivity contribution is 7.17. The number of aliphatic imine (C=N–C) groups is 1. The summed E-state index contributed by atoms with van der Waals surface area (Å²) in [6, 6.07) is 13.1. The second-order valence-corrected chi connectivity index (χ2v) is 10.6. The van der Waals surface area contributed by atoms with Gasteiger partial charge in [0.2, 0.25) is 0 Å². The summed E-state index contributed by atoms with van der Waals surface area (Å²) in [5, 5.41) is 2.29. The van der Waals surface area contributed by atoms with Crippen LogP contribution >= 0.6 is 11.3 Å². The van der Waals surface area contributed by atoms with Crippen molar-refractivity contribution in [2.45, 2.75) is 47.0 Å². The van der Waals surface area contributed by atoms with E-state index < -0.39 is 0 Å². The van der Waals surface area contributed by atoms with Crippen molar-refractivity contribution in [2.24, 2.45) is 4.99 Å². The van der Waals surface area contributed by atoms with E-state index in [0.717, 1.165) is 57.1 Å². The Kier molecular flexibility index (Phi) is 9.10. The van der Waals surface area contributed by atoms with Gasteiger partial charge in [-0.2, -0.15) is 0 Å². The van der Waals surface area contributed by atoms with Gasteiger partial charge in [0.15, 0.2) is 0 Å². The second kappa shape index (κ2) is 12.7. The summed E-state index contributed by atoms with van der Waals surface area (Å²) in [5.41, 5.74) is 9.05. The molecule has 0 spiro atoms. The van der Waals surface area contributed by atoms with Crippen molar-refractivity contribution in [3.05, 3.63) is 123 Å². The normalized spacial score (nSPS) is 15.5. The first kappa shape index (κ1) is 27.3. The molecular formula is C36H37NS. The highest BCUT2D eigenvalue weighted by atomic mass is 32.1. The number of allylic oxidation sites excluding steroid dienone is 8. The third-order valence-electron chi connectivity index (χ3n) is 6.77. The molecule has 38 heavy (non-hydrogen) atoms. The largest absolute Gasteiger partial charge is 0.252 e. The highest BCUT2D eigenvalue weighted by Gasteiger charge is 2.13. The average molecular weight is 516 g/mol. The summed E-state index contributed by atoms with van der Waals surface area (Å²) in [6.45, 7) is 17.0. The lowest BCUT2D eigenvalue weighted by Gasteiger charge is -2.10. The molecule has 3 aromatic rings. The van der Waals surface area contributed by atoms with E-state index in [4.69, 9.17) is 4.99 Å². The molecule has 1 aliphatic carbocycles. The molecule has 2 heteroatoms. The lowest BCUT2D eigenvalue weighted by Crippen LogP contribution is -2.21. The van der Waals surface area contributed by atoms with Crippen molar-refractivity contribution < 1.29 is 0 Å². The van der Waals surface area contributed by atoms with Crippen molar-refractivity contribution in [2.75, 3.05) is 0 Å². The van der Waals surface area contributed by atoms with Crippen LogP contribution in [0.1, 0.15) is 69.2 Å². The number of benzene rings is 2. The van der Waals surface area contributed by atoms with E-state index in [1.54, 1.807) is 11.3 Å². The molecule has 0 saturated carbocycles. The third-order valence-corrected chi connectivity index (χ3v) is 7.87. The van der Waals surface area contributed by atoms with Gasteiger partial charge in [-0.1, -0.05) is 105 Å². The first-order valence-corrected chi connectivity index (χ1v) is 14.2. The molecule has 1 aromatic heterocycles. The molecular weight excluding hydrogens is 478 g/mol. The number of hydrogen-bond donors (Lipinski definition) is 0. The first-order valence-electron chi connectivity index (χ1n) is 13.4. The van der Waals surface area contributed by atoms with Gasteiger partial charge in [-0.3, -0.25) is 4.99 Å². The minimum atomic E-state index is 0.972.